The van der Waals surface area contributed by atoms with Crippen molar-refractivity contribution in [3.63, 3.8) is 0 Å². The molecule has 0 unspecified atom stereocenters. The average molecular weight is 238 g/mol. The molecule has 5 rings (SSSR count). The lowest BCUT2D eigenvalue weighted by molar-refractivity contribution is 0.252. The Kier molecular flexibility index (Phi) is 1.24. The zero-order valence-corrected chi connectivity index (χ0v) is 11.9. The van der Waals surface area contributed by atoms with Crippen LogP contribution in [0.5, 0.6) is 0 Å². The molecule has 4 aliphatic rings. The SMILES string of the molecule is CC1(C)[C@H]2c3ccccc3[C@]34[C@H](CC[C@@]213)C4(C)C. The number of benzene rings is 1. The van der Waals surface area contributed by atoms with E-state index in [0.717, 1.165) is 11.8 Å². The summed E-state index contributed by atoms with van der Waals surface area (Å²) < 4.78 is 0. The van der Waals surface area contributed by atoms with Gasteiger partial charge in [0.25, 0.3) is 0 Å². The molecule has 0 aliphatic heterocycles. The highest BCUT2D eigenvalue weighted by atomic mass is 15.0. The quantitative estimate of drug-likeness (QED) is 0.624. The monoisotopic (exact) mass is 238 g/mol. The summed E-state index contributed by atoms with van der Waals surface area (Å²) in [6.07, 6.45) is 2.95. The first kappa shape index (κ1) is 10.1. The van der Waals surface area contributed by atoms with E-state index in [1.165, 1.54) is 12.8 Å². The van der Waals surface area contributed by atoms with Crippen molar-refractivity contribution in [2.75, 3.05) is 0 Å². The lowest BCUT2D eigenvalue weighted by Crippen LogP contribution is -2.28. The third-order valence-corrected chi connectivity index (χ3v) is 7.84. The standard InChI is InChI=1S/C18H22/c1-15(2)13-9-10-17-14(16(17,3)4)11-7-5-6-8-12(11)18(13,15)17/h5-8,13-14H,9-10H2,1-4H3/t13-,14-,17-,18-/m1/s1. The van der Waals surface area contributed by atoms with E-state index >= 15 is 0 Å². The van der Waals surface area contributed by atoms with Gasteiger partial charge in [0.1, 0.15) is 0 Å². The summed E-state index contributed by atoms with van der Waals surface area (Å²) in [5.74, 6) is 1.81. The van der Waals surface area contributed by atoms with Crippen molar-refractivity contribution >= 4 is 0 Å². The van der Waals surface area contributed by atoms with E-state index in [-0.39, 0.29) is 0 Å². The molecule has 0 amide bonds. The average Bonchev–Trinajstić information content (AvgIpc) is 2.83. The molecule has 0 saturated heterocycles. The highest BCUT2D eigenvalue weighted by Gasteiger charge is 2.96. The van der Waals surface area contributed by atoms with Crippen LogP contribution in [0.15, 0.2) is 24.3 Å². The fourth-order valence-electron chi connectivity index (χ4n) is 7.50. The zero-order chi connectivity index (χ0) is 12.6. The minimum atomic E-state index is 0.546. The molecule has 0 heterocycles. The molecule has 3 fully saturated rings. The summed E-state index contributed by atoms with van der Waals surface area (Å²) >= 11 is 0. The van der Waals surface area contributed by atoms with Crippen LogP contribution in [0.2, 0.25) is 0 Å². The molecule has 0 N–H and O–H groups in total. The summed E-state index contributed by atoms with van der Waals surface area (Å²) in [6, 6.07) is 9.40. The maximum atomic E-state index is 2.53. The third kappa shape index (κ3) is 0.574. The second-order valence-electron chi connectivity index (χ2n) is 8.33. The lowest BCUT2D eigenvalue weighted by atomic mass is 9.72. The Hall–Kier alpha value is -0.780. The molecule has 1 aromatic carbocycles. The zero-order valence-electron chi connectivity index (χ0n) is 11.9. The molecule has 1 aromatic rings. The highest BCUT2D eigenvalue weighted by molar-refractivity contribution is 5.66. The smallest absolute Gasteiger partial charge is 0.0111 e. The van der Waals surface area contributed by atoms with Crippen LogP contribution in [0.1, 0.15) is 57.6 Å². The van der Waals surface area contributed by atoms with Crippen LogP contribution in [0.3, 0.4) is 0 Å². The second-order valence-corrected chi connectivity index (χ2v) is 8.33. The van der Waals surface area contributed by atoms with Crippen molar-refractivity contribution in [2.45, 2.75) is 51.9 Å². The first-order valence-corrected chi connectivity index (χ1v) is 7.53. The third-order valence-electron chi connectivity index (χ3n) is 7.84. The van der Waals surface area contributed by atoms with Crippen molar-refractivity contribution in [3.05, 3.63) is 35.4 Å². The van der Waals surface area contributed by atoms with Gasteiger partial charge in [-0.3, -0.25) is 0 Å². The largest absolute Gasteiger partial charge is 0.0620 e. The van der Waals surface area contributed by atoms with Crippen molar-refractivity contribution < 1.29 is 0 Å². The van der Waals surface area contributed by atoms with Gasteiger partial charge in [-0.2, -0.15) is 0 Å². The number of hydrogen-bond acceptors (Lipinski definition) is 0. The van der Waals surface area contributed by atoms with E-state index in [1.807, 2.05) is 0 Å². The highest BCUT2D eigenvalue weighted by Crippen LogP contribution is 3.00. The number of rotatable bonds is 0. The van der Waals surface area contributed by atoms with Crippen molar-refractivity contribution in [1.29, 1.82) is 0 Å². The summed E-state index contributed by atoms with van der Waals surface area (Å²) in [7, 11) is 0. The maximum Gasteiger partial charge on any atom is 0.0111 e. The molecular weight excluding hydrogens is 216 g/mol. The molecule has 0 bridgehead atoms. The van der Waals surface area contributed by atoms with Gasteiger partial charge in [0, 0.05) is 5.41 Å². The predicted octanol–water partition coefficient (Wildman–Crippen LogP) is 4.50. The fourth-order valence-corrected chi connectivity index (χ4v) is 7.50. The molecule has 3 saturated carbocycles. The Morgan fingerprint density at radius 2 is 1.72 bits per heavy atom. The van der Waals surface area contributed by atoms with Crippen LogP contribution in [-0.2, 0) is 5.41 Å². The topological polar surface area (TPSA) is 0 Å². The van der Waals surface area contributed by atoms with Gasteiger partial charge >= 0.3 is 0 Å². The molecular formula is C18H22. The Morgan fingerprint density at radius 1 is 1.00 bits per heavy atom. The van der Waals surface area contributed by atoms with Crippen molar-refractivity contribution in [3.8, 4) is 0 Å². The van der Waals surface area contributed by atoms with Crippen LogP contribution in [0.4, 0.5) is 0 Å². The Morgan fingerprint density at radius 3 is 2.44 bits per heavy atom. The lowest BCUT2D eigenvalue weighted by Gasteiger charge is -2.31. The van der Waals surface area contributed by atoms with E-state index in [4.69, 9.17) is 0 Å². The van der Waals surface area contributed by atoms with Gasteiger partial charge in [-0.1, -0.05) is 52.0 Å². The fraction of sp³-hybridized carbons (Fsp3) is 0.667. The van der Waals surface area contributed by atoms with E-state index < -0.39 is 0 Å². The summed E-state index contributed by atoms with van der Waals surface area (Å²) in [4.78, 5) is 0. The van der Waals surface area contributed by atoms with Crippen LogP contribution >= 0.6 is 0 Å². The van der Waals surface area contributed by atoms with Gasteiger partial charge in [-0.15, -0.1) is 0 Å². The van der Waals surface area contributed by atoms with E-state index in [9.17, 15) is 0 Å². The molecule has 0 radical (unpaired) electrons. The summed E-state index contributed by atoms with van der Waals surface area (Å²) in [6.45, 7) is 10.1. The van der Waals surface area contributed by atoms with Crippen molar-refractivity contribution in [1.82, 2.24) is 0 Å². The van der Waals surface area contributed by atoms with Crippen LogP contribution in [0.25, 0.3) is 0 Å². The summed E-state index contributed by atoms with van der Waals surface area (Å²) in [5, 5.41) is 0. The Balaban J connectivity index is 1.89. The molecule has 94 valence electrons. The molecule has 4 atom stereocenters. The summed E-state index contributed by atoms with van der Waals surface area (Å²) in [5.41, 5.74) is 5.70. The van der Waals surface area contributed by atoms with Gasteiger partial charge in [0.05, 0.1) is 0 Å². The second kappa shape index (κ2) is 2.21. The molecule has 0 heteroatoms. The van der Waals surface area contributed by atoms with Gasteiger partial charge < -0.3 is 0 Å². The Labute approximate surface area is 110 Å². The number of hydrogen-bond donors (Lipinski definition) is 0. The van der Waals surface area contributed by atoms with Gasteiger partial charge in [0.2, 0.25) is 0 Å². The van der Waals surface area contributed by atoms with Gasteiger partial charge in [0.15, 0.2) is 0 Å². The van der Waals surface area contributed by atoms with Gasteiger partial charge in [-0.05, 0) is 52.0 Å². The van der Waals surface area contributed by atoms with E-state index in [2.05, 4.69) is 52.0 Å². The van der Waals surface area contributed by atoms with Crippen LogP contribution in [-0.4, -0.2) is 0 Å². The first-order chi connectivity index (χ1) is 8.44. The Bertz CT molecular complexity index is 592. The van der Waals surface area contributed by atoms with Crippen LogP contribution < -0.4 is 0 Å². The van der Waals surface area contributed by atoms with Gasteiger partial charge in [-0.25, -0.2) is 0 Å². The predicted molar refractivity (Wildman–Crippen MR) is 73.6 cm³/mol. The van der Waals surface area contributed by atoms with E-state index in [1.54, 1.807) is 11.1 Å². The molecule has 0 aromatic heterocycles. The van der Waals surface area contributed by atoms with E-state index in [0.29, 0.717) is 21.7 Å². The minimum Gasteiger partial charge on any atom is -0.0620 e. The molecule has 0 nitrogen and oxygen atoms in total. The first-order valence-electron chi connectivity index (χ1n) is 7.53. The normalized spacial score (nSPS) is 51.1. The molecule has 18 heavy (non-hydrogen) atoms. The molecule has 2 spiro atoms. The maximum absolute atomic E-state index is 2.53. The molecule has 4 aliphatic carbocycles. The number of fused-ring (bicyclic) bond motifs is 2. The minimum absolute atomic E-state index is 0.546. The van der Waals surface area contributed by atoms with Crippen LogP contribution in [0, 0.1) is 22.2 Å². The van der Waals surface area contributed by atoms with Crippen molar-refractivity contribution in [2.24, 2.45) is 22.2 Å².